The summed E-state index contributed by atoms with van der Waals surface area (Å²) in [6.45, 7) is 6.21. The lowest BCUT2D eigenvalue weighted by Gasteiger charge is -2.02. The zero-order chi connectivity index (χ0) is 6.85. The largest absolute Gasteiger partial charge is 0.328 e. The Hall–Kier alpha value is 0.350. The summed E-state index contributed by atoms with van der Waals surface area (Å²) in [4.78, 5) is 0. The molecule has 0 spiro atoms. The highest BCUT2D eigenvalue weighted by molar-refractivity contribution is 7.47. The molecule has 1 aliphatic rings. The van der Waals surface area contributed by atoms with E-state index in [9.17, 15) is 0 Å². The minimum atomic E-state index is -0.522. The van der Waals surface area contributed by atoms with Gasteiger partial charge in [0, 0.05) is 6.16 Å². The lowest BCUT2D eigenvalue weighted by molar-refractivity contribution is 0.187. The van der Waals surface area contributed by atoms with Gasteiger partial charge in [-0.15, -0.1) is 0 Å². The predicted octanol–water partition coefficient (Wildman–Crippen LogP) is 2.14. The van der Waals surface area contributed by atoms with Crippen molar-refractivity contribution in [2.24, 2.45) is 0 Å². The molecule has 0 aromatic carbocycles. The predicted molar refractivity (Wildman–Crippen MR) is 38.6 cm³/mol. The molecule has 2 nitrogen and oxygen atoms in total. The summed E-state index contributed by atoms with van der Waals surface area (Å²) in [7, 11) is -0.522. The molecule has 1 heterocycles. The van der Waals surface area contributed by atoms with Crippen LogP contribution < -0.4 is 0 Å². The molecule has 2 unspecified atom stereocenters. The zero-order valence-corrected chi connectivity index (χ0v) is 7.02. The van der Waals surface area contributed by atoms with Gasteiger partial charge in [-0.25, -0.2) is 0 Å². The van der Waals surface area contributed by atoms with Crippen LogP contribution in [-0.4, -0.2) is 18.4 Å². The summed E-state index contributed by atoms with van der Waals surface area (Å²) in [5.41, 5.74) is 0. The normalized spacial score (nSPS) is 43.7. The average molecular weight is 148 g/mol. The van der Waals surface area contributed by atoms with Gasteiger partial charge in [0.15, 0.2) is 8.38 Å². The van der Waals surface area contributed by atoms with Gasteiger partial charge in [0.05, 0.1) is 12.2 Å². The highest BCUT2D eigenvalue weighted by Crippen LogP contribution is 2.47. The Balaban J connectivity index is 2.35. The van der Waals surface area contributed by atoms with Crippen LogP contribution in [0.25, 0.3) is 0 Å². The second kappa shape index (κ2) is 2.96. The molecule has 0 saturated carbocycles. The molecular weight excluding hydrogens is 135 g/mol. The van der Waals surface area contributed by atoms with Crippen LogP contribution in [0.3, 0.4) is 0 Å². The maximum Gasteiger partial charge on any atom is 0.170 e. The number of hydrogen-bond acceptors (Lipinski definition) is 2. The minimum absolute atomic E-state index is 0.302. The molecule has 1 fully saturated rings. The third-order valence-corrected chi connectivity index (χ3v) is 3.14. The van der Waals surface area contributed by atoms with Crippen molar-refractivity contribution >= 4 is 8.38 Å². The van der Waals surface area contributed by atoms with Crippen LogP contribution in [-0.2, 0) is 9.05 Å². The summed E-state index contributed by atoms with van der Waals surface area (Å²) < 4.78 is 10.9. The molecule has 0 radical (unpaired) electrons. The van der Waals surface area contributed by atoms with E-state index >= 15 is 0 Å². The maximum absolute atomic E-state index is 5.47. The van der Waals surface area contributed by atoms with E-state index < -0.39 is 8.38 Å². The molecule has 3 heteroatoms. The molecule has 0 aromatic rings. The highest BCUT2D eigenvalue weighted by atomic mass is 31.2. The average Bonchev–Trinajstić information content (AvgIpc) is 2.13. The molecule has 0 N–H and O–H groups in total. The van der Waals surface area contributed by atoms with Crippen LogP contribution in [0.5, 0.6) is 0 Å². The van der Waals surface area contributed by atoms with Crippen molar-refractivity contribution in [3.63, 3.8) is 0 Å². The van der Waals surface area contributed by atoms with E-state index in [-0.39, 0.29) is 0 Å². The molecule has 1 saturated heterocycles. The van der Waals surface area contributed by atoms with E-state index in [1.165, 1.54) is 0 Å². The van der Waals surface area contributed by atoms with Gasteiger partial charge in [-0.05, 0) is 13.8 Å². The molecule has 54 valence electrons. The van der Waals surface area contributed by atoms with Crippen molar-refractivity contribution in [1.29, 1.82) is 0 Å². The van der Waals surface area contributed by atoms with E-state index in [4.69, 9.17) is 9.05 Å². The third-order valence-electron chi connectivity index (χ3n) is 1.49. The first-order chi connectivity index (χ1) is 4.24. The fraction of sp³-hybridized carbons (Fsp3) is 1.00. The molecule has 0 aliphatic carbocycles. The van der Waals surface area contributed by atoms with Gasteiger partial charge >= 0.3 is 0 Å². The van der Waals surface area contributed by atoms with E-state index in [1.54, 1.807) is 0 Å². The van der Waals surface area contributed by atoms with Gasteiger partial charge in [-0.3, -0.25) is 0 Å². The molecule has 2 atom stereocenters. The summed E-state index contributed by atoms with van der Waals surface area (Å²) >= 11 is 0. The Bertz CT molecular complexity index is 87.1. The number of hydrogen-bond donors (Lipinski definition) is 0. The van der Waals surface area contributed by atoms with Crippen LogP contribution >= 0.6 is 8.38 Å². The van der Waals surface area contributed by atoms with Crippen molar-refractivity contribution in [3.8, 4) is 0 Å². The first-order valence-electron chi connectivity index (χ1n) is 3.35. The fourth-order valence-corrected chi connectivity index (χ4v) is 2.15. The van der Waals surface area contributed by atoms with Gasteiger partial charge < -0.3 is 9.05 Å². The van der Waals surface area contributed by atoms with Crippen molar-refractivity contribution < 1.29 is 9.05 Å². The van der Waals surface area contributed by atoms with Gasteiger partial charge in [-0.2, -0.15) is 0 Å². The lowest BCUT2D eigenvalue weighted by Crippen LogP contribution is -2.13. The highest BCUT2D eigenvalue weighted by Gasteiger charge is 2.28. The fourth-order valence-electron chi connectivity index (χ4n) is 0.716. The Labute approximate surface area is 57.5 Å². The van der Waals surface area contributed by atoms with Crippen LogP contribution in [0.2, 0.25) is 0 Å². The molecule has 1 aliphatic heterocycles. The SMILES string of the molecule is CCP1OC(C)C(C)O1. The van der Waals surface area contributed by atoms with E-state index in [0.717, 1.165) is 6.16 Å². The minimum Gasteiger partial charge on any atom is -0.328 e. The molecule has 0 bridgehead atoms. The Morgan fingerprint density at radius 3 is 1.89 bits per heavy atom. The first kappa shape index (κ1) is 7.46. The van der Waals surface area contributed by atoms with Crippen molar-refractivity contribution in [2.45, 2.75) is 33.0 Å². The topological polar surface area (TPSA) is 18.5 Å². The smallest absolute Gasteiger partial charge is 0.170 e. The Morgan fingerprint density at radius 2 is 1.67 bits per heavy atom. The van der Waals surface area contributed by atoms with Crippen molar-refractivity contribution in [2.75, 3.05) is 6.16 Å². The molecule has 0 aromatic heterocycles. The third kappa shape index (κ3) is 1.64. The second-order valence-electron chi connectivity index (χ2n) is 2.27. The van der Waals surface area contributed by atoms with Crippen molar-refractivity contribution in [1.82, 2.24) is 0 Å². The lowest BCUT2D eigenvalue weighted by atomic mass is 10.3. The Kier molecular flexibility index (Phi) is 2.45. The van der Waals surface area contributed by atoms with E-state index in [0.29, 0.717) is 12.2 Å². The summed E-state index contributed by atoms with van der Waals surface area (Å²) in [5.74, 6) is 0. The van der Waals surface area contributed by atoms with Gasteiger partial charge in [0.2, 0.25) is 0 Å². The molecule has 1 rings (SSSR count). The van der Waals surface area contributed by atoms with Crippen LogP contribution in [0.15, 0.2) is 0 Å². The van der Waals surface area contributed by atoms with Crippen LogP contribution in [0.1, 0.15) is 20.8 Å². The van der Waals surface area contributed by atoms with Crippen molar-refractivity contribution in [3.05, 3.63) is 0 Å². The molecular formula is C6H13O2P. The number of rotatable bonds is 1. The van der Waals surface area contributed by atoms with E-state index in [1.807, 2.05) is 0 Å². The standard InChI is InChI=1S/C6H13O2P/c1-4-9-7-5(2)6(3)8-9/h5-6H,4H2,1-3H3. The van der Waals surface area contributed by atoms with Gasteiger partial charge in [-0.1, -0.05) is 6.92 Å². The summed E-state index contributed by atoms with van der Waals surface area (Å²) in [6.07, 6.45) is 1.62. The Morgan fingerprint density at radius 1 is 1.22 bits per heavy atom. The van der Waals surface area contributed by atoms with E-state index in [2.05, 4.69) is 20.8 Å². The summed E-state index contributed by atoms with van der Waals surface area (Å²) in [5, 5.41) is 0. The first-order valence-corrected chi connectivity index (χ1v) is 4.71. The zero-order valence-electron chi connectivity index (χ0n) is 6.13. The van der Waals surface area contributed by atoms with Crippen LogP contribution in [0, 0.1) is 0 Å². The monoisotopic (exact) mass is 148 g/mol. The second-order valence-corrected chi connectivity index (χ2v) is 3.99. The summed E-state index contributed by atoms with van der Waals surface area (Å²) in [6, 6.07) is 0. The molecule has 9 heavy (non-hydrogen) atoms. The van der Waals surface area contributed by atoms with Gasteiger partial charge in [0.25, 0.3) is 0 Å². The van der Waals surface area contributed by atoms with Crippen LogP contribution in [0.4, 0.5) is 0 Å². The maximum atomic E-state index is 5.47. The molecule has 0 amide bonds. The quantitative estimate of drug-likeness (QED) is 0.530. The van der Waals surface area contributed by atoms with Gasteiger partial charge in [0.1, 0.15) is 0 Å².